The predicted octanol–water partition coefficient (Wildman–Crippen LogP) is 3.14. The van der Waals surface area contributed by atoms with Gasteiger partial charge in [-0.3, -0.25) is 0 Å². The van der Waals surface area contributed by atoms with Gasteiger partial charge in [0.15, 0.2) is 0 Å². The second-order valence-corrected chi connectivity index (χ2v) is 4.22. The van der Waals surface area contributed by atoms with Crippen molar-refractivity contribution in [3.8, 4) is 0 Å². The molecule has 0 saturated carbocycles. The number of unbranched alkanes of at least 4 members (excludes halogenated alkanes) is 2. The molecular formula is C15H20O3. The van der Waals surface area contributed by atoms with Gasteiger partial charge in [-0.05, 0) is 36.5 Å². The van der Waals surface area contributed by atoms with Crippen molar-refractivity contribution in [1.82, 2.24) is 0 Å². The minimum atomic E-state index is -0.919. The summed E-state index contributed by atoms with van der Waals surface area (Å²) >= 11 is 0. The summed E-state index contributed by atoms with van der Waals surface area (Å²) in [6.45, 7) is 0.832. The van der Waals surface area contributed by atoms with E-state index in [0.29, 0.717) is 0 Å². The van der Waals surface area contributed by atoms with Crippen molar-refractivity contribution >= 4 is 12.0 Å². The molecule has 0 radical (unpaired) electrons. The molecule has 3 nitrogen and oxygen atoms in total. The van der Waals surface area contributed by atoms with Crippen LogP contribution in [0.25, 0.3) is 6.08 Å². The van der Waals surface area contributed by atoms with E-state index in [0.717, 1.165) is 37.5 Å². The second-order valence-electron chi connectivity index (χ2n) is 4.22. The maximum Gasteiger partial charge on any atom is 0.328 e. The largest absolute Gasteiger partial charge is 0.478 e. The number of methoxy groups -OCH3 is 1. The summed E-state index contributed by atoms with van der Waals surface area (Å²) in [5.41, 5.74) is 2.21. The Hall–Kier alpha value is -1.61. The van der Waals surface area contributed by atoms with Gasteiger partial charge in [-0.25, -0.2) is 4.79 Å². The number of carbonyl (C=O) groups is 1. The predicted molar refractivity (Wildman–Crippen MR) is 72.5 cm³/mol. The first-order valence-corrected chi connectivity index (χ1v) is 6.21. The molecule has 1 rings (SSSR count). The van der Waals surface area contributed by atoms with Crippen molar-refractivity contribution in [2.75, 3.05) is 13.7 Å². The van der Waals surface area contributed by atoms with Crippen LogP contribution >= 0.6 is 0 Å². The van der Waals surface area contributed by atoms with Gasteiger partial charge in [-0.15, -0.1) is 0 Å². The van der Waals surface area contributed by atoms with Crippen LogP contribution in [-0.2, 0) is 16.0 Å². The summed E-state index contributed by atoms with van der Waals surface area (Å²) in [7, 11) is 1.73. The van der Waals surface area contributed by atoms with E-state index in [1.54, 1.807) is 13.2 Å². The molecule has 0 saturated heterocycles. The summed E-state index contributed by atoms with van der Waals surface area (Å²) in [6, 6.07) is 8.00. The molecule has 0 aliphatic carbocycles. The summed E-state index contributed by atoms with van der Waals surface area (Å²) in [4.78, 5) is 10.4. The van der Waals surface area contributed by atoms with E-state index in [4.69, 9.17) is 9.84 Å². The van der Waals surface area contributed by atoms with Gasteiger partial charge in [0.2, 0.25) is 0 Å². The second kappa shape index (κ2) is 8.48. The number of carboxylic acids is 1. The summed E-state index contributed by atoms with van der Waals surface area (Å²) < 4.78 is 5.00. The Morgan fingerprint density at radius 3 is 2.56 bits per heavy atom. The van der Waals surface area contributed by atoms with E-state index in [-0.39, 0.29) is 0 Å². The highest BCUT2D eigenvalue weighted by molar-refractivity contribution is 5.85. The normalized spacial score (nSPS) is 10.9. The molecule has 0 fully saturated rings. The number of hydrogen-bond donors (Lipinski definition) is 1. The molecule has 18 heavy (non-hydrogen) atoms. The number of hydrogen-bond acceptors (Lipinski definition) is 2. The lowest BCUT2D eigenvalue weighted by molar-refractivity contribution is -0.131. The molecule has 0 spiro atoms. The van der Waals surface area contributed by atoms with E-state index in [1.807, 2.05) is 12.1 Å². The van der Waals surface area contributed by atoms with E-state index in [1.165, 1.54) is 12.0 Å². The zero-order valence-electron chi connectivity index (χ0n) is 10.8. The maximum absolute atomic E-state index is 10.4. The molecule has 0 atom stereocenters. The zero-order valence-corrected chi connectivity index (χ0v) is 10.8. The Kier molecular flexibility index (Phi) is 6.81. The first-order chi connectivity index (χ1) is 8.72. The van der Waals surface area contributed by atoms with Crippen molar-refractivity contribution in [3.63, 3.8) is 0 Å². The summed E-state index contributed by atoms with van der Waals surface area (Å²) in [5.74, 6) is -0.919. The van der Waals surface area contributed by atoms with Gasteiger partial charge < -0.3 is 9.84 Å². The lowest BCUT2D eigenvalue weighted by atomic mass is 10.1. The monoisotopic (exact) mass is 248 g/mol. The molecule has 0 amide bonds. The van der Waals surface area contributed by atoms with Crippen LogP contribution in [0.5, 0.6) is 0 Å². The molecule has 0 aromatic heterocycles. The fourth-order valence-electron chi connectivity index (χ4n) is 1.72. The van der Waals surface area contributed by atoms with Crippen LogP contribution in [0.3, 0.4) is 0 Å². The molecule has 1 aromatic carbocycles. The number of aryl methyl sites for hydroxylation is 1. The Balaban J connectivity index is 2.34. The highest BCUT2D eigenvalue weighted by Gasteiger charge is 1.95. The lowest BCUT2D eigenvalue weighted by Crippen LogP contribution is -1.91. The van der Waals surface area contributed by atoms with E-state index in [2.05, 4.69) is 12.1 Å². The van der Waals surface area contributed by atoms with Crippen LogP contribution in [-0.4, -0.2) is 24.8 Å². The lowest BCUT2D eigenvalue weighted by Gasteiger charge is -2.02. The van der Waals surface area contributed by atoms with Gasteiger partial charge in [0, 0.05) is 19.8 Å². The van der Waals surface area contributed by atoms with Crippen molar-refractivity contribution in [3.05, 3.63) is 41.5 Å². The molecule has 0 aliphatic heterocycles. The van der Waals surface area contributed by atoms with Crippen LogP contribution in [0.2, 0.25) is 0 Å². The zero-order chi connectivity index (χ0) is 13.2. The first kappa shape index (κ1) is 14.5. The van der Waals surface area contributed by atoms with Crippen LogP contribution in [0.4, 0.5) is 0 Å². The Morgan fingerprint density at radius 1 is 1.22 bits per heavy atom. The van der Waals surface area contributed by atoms with Crippen LogP contribution in [0.15, 0.2) is 30.3 Å². The fraction of sp³-hybridized carbons (Fsp3) is 0.400. The molecule has 1 N–H and O–H groups in total. The first-order valence-electron chi connectivity index (χ1n) is 6.21. The molecule has 0 heterocycles. The summed E-state index contributed by atoms with van der Waals surface area (Å²) in [5, 5.41) is 8.52. The van der Waals surface area contributed by atoms with Crippen LogP contribution < -0.4 is 0 Å². The van der Waals surface area contributed by atoms with Crippen LogP contribution in [0, 0.1) is 0 Å². The number of benzene rings is 1. The van der Waals surface area contributed by atoms with E-state index in [9.17, 15) is 4.79 Å². The van der Waals surface area contributed by atoms with Gasteiger partial charge in [0.25, 0.3) is 0 Å². The van der Waals surface area contributed by atoms with Crippen molar-refractivity contribution in [2.45, 2.75) is 25.7 Å². The standard InChI is InChI=1S/C15H20O3/c1-18-12-4-2-3-5-13-6-8-14(9-7-13)10-11-15(16)17/h6-11H,2-5,12H2,1H3,(H,16,17)/b11-10+. The SMILES string of the molecule is COCCCCCc1ccc(/C=C/C(=O)O)cc1. The fourth-order valence-corrected chi connectivity index (χ4v) is 1.72. The summed E-state index contributed by atoms with van der Waals surface area (Å²) in [6.07, 6.45) is 7.26. The van der Waals surface area contributed by atoms with E-state index >= 15 is 0 Å². The molecule has 1 aromatic rings. The highest BCUT2D eigenvalue weighted by atomic mass is 16.5. The number of rotatable bonds is 8. The highest BCUT2D eigenvalue weighted by Crippen LogP contribution is 2.10. The van der Waals surface area contributed by atoms with Crippen LogP contribution in [0.1, 0.15) is 30.4 Å². The number of aliphatic carboxylic acids is 1. The third-order valence-electron chi connectivity index (χ3n) is 2.71. The third-order valence-corrected chi connectivity index (χ3v) is 2.71. The molecule has 98 valence electrons. The molecule has 0 unspecified atom stereocenters. The average molecular weight is 248 g/mol. The molecule has 0 aliphatic rings. The Labute approximate surface area is 108 Å². The van der Waals surface area contributed by atoms with Crippen molar-refractivity contribution < 1.29 is 14.6 Å². The Morgan fingerprint density at radius 2 is 1.94 bits per heavy atom. The third kappa shape index (κ3) is 6.21. The minimum Gasteiger partial charge on any atom is -0.478 e. The molecule has 3 heteroatoms. The van der Waals surface area contributed by atoms with Crippen molar-refractivity contribution in [1.29, 1.82) is 0 Å². The smallest absolute Gasteiger partial charge is 0.328 e. The maximum atomic E-state index is 10.4. The molecule has 0 bridgehead atoms. The van der Waals surface area contributed by atoms with Gasteiger partial charge in [0.1, 0.15) is 0 Å². The number of carboxylic acid groups (broad SMARTS) is 1. The molecular weight excluding hydrogens is 228 g/mol. The van der Waals surface area contributed by atoms with E-state index < -0.39 is 5.97 Å². The average Bonchev–Trinajstić information content (AvgIpc) is 2.37. The van der Waals surface area contributed by atoms with Gasteiger partial charge in [-0.2, -0.15) is 0 Å². The number of ether oxygens (including phenoxy) is 1. The van der Waals surface area contributed by atoms with Gasteiger partial charge >= 0.3 is 5.97 Å². The van der Waals surface area contributed by atoms with Gasteiger partial charge in [0.05, 0.1) is 0 Å². The minimum absolute atomic E-state index is 0.832. The van der Waals surface area contributed by atoms with Gasteiger partial charge in [-0.1, -0.05) is 30.7 Å². The Bertz CT molecular complexity index is 379. The van der Waals surface area contributed by atoms with Crippen molar-refractivity contribution in [2.24, 2.45) is 0 Å². The topological polar surface area (TPSA) is 46.5 Å². The quantitative estimate of drug-likeness (QED) is 0.568.